The molecule has 24 heavy (non-hydrogen) atoms. The minimum atomic E-state index is -0.947. The monoisotopic (exact) mass is 346 g/mol. The fourth-order valence-electron chi connectivity index (χ4n) is 2.29. The molecule has 4 N–H and O–H groups in total. The van der Waals surface area contributed by atoms with Gasteiger partial charge in [0.25, 0.3) is 0 Å². The first-order valence-electron chi connectivity index (χ1n) is 8.20. The van der Waals surface area contributed by atoms with Crippen molar-refractivity contribution in [1.29, 1.82) is 0 Å². The fraction of sp³-hybridized carbons (Fsp3) is 0.368. The molecule has 4 nitrogen and oxygen atoms in total. The number of anilines is 1. The van der Waals surface area contributed by atoms with Crippen molar-refractivity contribution in [2.24, 2.45) is 5.14 Å². The van der Waals surface area contributed by atoms with Crippen molar-refractivity contribution in [1.82, 2.24) is 0 Å². The van der Waals surface area contributed by atoms with Gasteiger partial charge in [-0.3, -0.25) is 5.14 Å². The Balaban J connectivity index is 2.44. The van der Waals surface area contributed by atoms with E-state index >= 15 is 0 Å². The number of unbranched alkanes of at least 4 members (excludes halogenated alkanes) is 1. The highest BCUT2D eigenvalue weighted by Gasteiger charge is 2.21. The Bertz CT molecular complexity index is 654. The van der Waals surface area contributed by atoms with E-state index in [0.29, 0.717) is 5.75 Å². The van der Waals surface area contributed by atoms with E-state index in [2.05, 4.69) is 12.2 Å². The largest absolute Gasteiger partial charge is 0.454 e. The van der Waals surface area contributed by atoms with Crippen molar-refractivity contribution in [2.75, 3.05) is 11.9 Å². The third kappa shape index (κ3) is 4.90. The van der Waals surface area contributed by atoms with Crippen LogP contribution in [-0.4, -0.2) is 11.7 Å². The van der Waals surface area contributed by atoms with Gasteiger partial charge in [-0.15, -0.1) is 0 Å². The summed E-state index contributed by atoms with van der Waals surface area (Å²) in [7, 11) is 0. The van der Waals surface area contributed by atoms with Crippen molar-refractivity contribution >= 4 is 17.6 Å². The van der Waals surface area contributed by atoms with Crippen molar-refractivity contribution in [2.45, 2.75) is 44.1 Å². The normalized spacial score (nSPS) is 11.4. The molecule has 0 aliphatic carbocycles. The number of hydrogen-bond acceptors (Lipinski definition) is 5. The SMILES string of the molecule is CCCCNc1cc(C(C)(C)O)cc(SN)c1Oc1ccccc1. The van der Waals surface area contributed by atoms with Crippen LogP contribution in [0.5, 0.6) is 11.5 Å². The third-order valence-corrected chi connectivity index (χ3v) is 4.25. The molecule has 5 heteroatoms. The molecule has 130 valence electrons. The Labute approximate surface area is 148 Å². The molecule has 2 aromatic rings. The molecule has 0 unspecified atom stereocenters. The Morgan fingerprint density at radius 2 is 1.92 bits per heavy atom. The maximum atomic E-state index is 10.4. The van der Waals surface area contributed by atoms with Gasteiger partial charge in [0.15, 0.2) is 5.75 Å². The van der Waals surface area contributed by atoms with Gasteiger partial charge in [-0.2, -0.15) is 0 Å². The van der Waals surface area contributed by atoms with Crippen LogP contribution in [0.4, 0.5) is 5.69 Å². The standard InChI is InChI=1S/C19H26N2O2S/c1-4-5-11-21-16-12-14(19(2,3)22)13-17(24-20)18(16)23-15-9-7-6-8-10-15/h6-10,12-13,21-22H,4-5,11,20H2,1-3H3. The minimum absolute atomic E-state index is 0.692. The lowest BCUT2D eigenvalue weighted by molar-refractivity contribution is 0.0784. The summed E-state index contributed by atoms with van der Waals surface area (Å²) in [6.07, 6.45) is 2.16. The van der Waals surface area contributed by atoms with Gasteiger partial charge < -0.3 is 15.2 Å². The van der Waals surface area contributed by atoms with Crippen LogP contribution in [0.3, 0.4) is 0 Å². The zero-order valence-corrected chi connectivity index (χ0v) is 15.3. The number of rotatable bonds is 8. The van der Waals surface area contributed by atoms with Gasteiger partial charge >= 0.3 is 0 Å². The van der Waals surface area contributed by atoms with Crippen molar-refractivity contribution in [3.8, 4) is 11.5 Å². The van der Waals surface area contributed by atoms with E-state index in [1.54, 1.807) is 13.8 Å². The lowest BCUT2D eigenvalue weighted by Crippen LogP contribution is -2.16. The number of ether oxygens (including phenoxy) is 1. The number of aliphatic hydroxyl groups is 1. The van der Waals surface area contributed by atoms with Gasteiger partial charge in [0.1, 0.15) is 5.75 Å². The van der Waals surface area contributed by atoms with Gasteiger partial charge in [0, 0.05) is 6.54 Å². The van der Waals surface area contributed by atoms with E-state index in [1.165, 1.54) is 0 Å². The number of benzene rings is 2. The minimum Gasteiger partial charge on any atom is -0.454 e. The molecule has 2 aromatic carbocycles. The van der Waals surface area contributed by atoms with Crippen LogP contribution in [0.2, 0.25) is 0 Å². The van der Waals surface area contributed by atoms with Crippen LogP contribution < -0.4 is 15.2 Å². The smallest absolute Gasteiger partial charge is 0.165 e. The summed E-state index contributed by atoms with van der Waals surface area (Å²) >= 11 is 1.12. The summed E-state index contributed by atoms with van der Waals surface area (Å²) < 4.78 is 6.08. The molecule has 0 aliphatic heterocycles. The van der Waals surface area contributed by atoms with Gasteiger partial charge in [-0.1, -0.05) is 31.5 Å². The summed E-state index contributed by atoms with van der Waals surface area (Å²) in [5.41, 5.74) is 0.700. The molecule has 0 heterocycles. The zero-order chi connectivity index (χ0) is 17.6. The predicted octanol–water partition coefficient (Wildman–Crippen LogP) is 4.88. The topological polar surface area (TPSA) is 67.5 Å². The highest BCUT2D eigenvalue weighted by atomic mass is 32.2. The van der Waals surface area contributed by atoms with Crippen LogP contribution in [0.1, 0.15) is 39.2 Å². The second-order valence-corrected chi connectivity index (χ2v) is 6.90. The average molecular weight is 346 g/mol. The molecule has 2 rings (SSSR count). The molecule has 0 fully saturated rings. The van der Waals surface area contributed by atoms with Gasteiger partial charge in [-0.05, 0) is 62.0 Å². The van der Waals surface area contributed by atoms with Crippen LogP contribution in [0.25, 0.3) is 0 Å². The Hall–Kier alpha value is -1.69. The summed E-state index contributed by atoms with van der Waals surface area (Å²) in [5, 5.41) is 19.7. The van der Waals surface area contributed by atoms with Gasteiger partial charge in [0.05, 0.1) is 16.2 Å². The maximum Gasteiger partial charge on any atom is 0.165 e. The second kappa shape index (κ2) is 8.42. The molecule has 0 spiro atoms. The molecule has 0 aliphatic rings. The summed E-state index contributed by atoms with van der Waals surface area (Å²) in [5.74, 6) is 1.44. The van der Waals surface area contributed by atoms with Crippen LogP contribution >= 0.6 is 11.9 Å². The highest BCUT2D eigenvalue weighted by Crippen LogP contribution is 2.40. The van der Waals surface area contributed by atoms with Crippen molar-refractivity contribution in [3.63, 3.8) is 0 Å². The van der Waals surface area contributed by atoms with E-state index in [1.807, 2.05) is 42.5 Å². The number of para-hydroxylation sites is 1. The van der Waals surface area contributed by atoms with Gasteiger partial charge in [0.2, 0.25) is 0 Å². The fourth-order valence-corrected chi connectivity index (χ4v) is 2.74. The summed E-state index contributed by atoms with van der Waals surface area (Å²) in [4.78, 5) is 0.789. The Kier molecular flexibility index (Phi) is 6.54. The first kappa shape index (κ1) is 18.6. The van der Waals surface area contributed by atoms with E-state index in [4.69, 9.17) is 9.88 Å². The Morgan fingerprint density at radius 1 is 1.21 bits per heavy atom. The number of nitrogens with two attached hydrogens (primary N) is 1. The molecular weight excluding hydrogens is 320 g/mol. The predicted molar refractivity (Wildman–Crippen MR) is 102 cm³/mol. The van der Waals surface area contributed by atoms with Gasteiger partial charge in [-0.25, -0.2) is 0 Å². The Morgan fingerprint density at radius 3 is 2.50 bits per heavy atom. The molecule has 0 bridgehead atoms. The van der Waals surface area contributed by atoms with Crippen molar-refractivity contribution < 1.29 is 9.84 Å². The second-order valence-electron chi connectivity index (χ2n) is 6.22. The molecule has 0 saturated heterocycles. The van der Waals surface area contributed by atoms with E-state index in [0.717, 1.165) is 53.2 Å². The van der Waals surface area contributed by atoms with Crippen molar-refractivity contribution in [3.05, 3.63) is 48.0 Å². The molecule has 0 radical (unpaired) electrons. The quantitative estimate of drug-likeness (QED) is 0.469. The maximum absolute atomic E-state index is 10.4. The molecule has 0 atom stereocenters. The van der Waals surface area contributed by atoms with Crippen LogP contribution in [0.15, 0.2) is 47.4 Å². The van der Waals surface area contributed by atoms with E-state index in [9.17, 15) is 5.11 Å². The van der Waals surface area contributed by atoms with Crippen LogP contribution in [0, 0.1) is 0 Å². The molecule has 0 amide bonds. The number of nitrogens with one attached hydrogen (secondary N) is 1. The van der Waals surface area contributed by atoms with E-state index in [-0.39, 0.29) is 0 Å². The molecular formula is C19H26N2O2S. The first-order chi connectivity index (χ1) is 11.5. The zero-order valence-electron chi connectivity index (χ0n) is 14.5. The molecule has 0 saturated carbocycles. The van der Waals surface area contributed by atoms with E-state index < -0.39 is 5.60 Å². The molecule has 0 aromatic heterocycles. The highest BCUT2D eigenvalue weighted by molar-refractivity contribution is 7.97. The average Bonchev–Trinajstić information content (AvgIpc) is 2.56. The third-order valence-electron chi connectivity index (χ3n) is 3.70. The summed E-state index contributed by atoms with van der Waals surface area (Å²) in [6, 6.07) is 13.4. The lowest BCUT2D eigenvalue weighted by atomic mass is 9.97. The first-order valence-corrected chi connectivity index (χ1v) is 9.08. The summed E-state index contributed by atoms with van der Waals surface area (Å²) in [6.45, 7) is 6.52. The van der Waals surface area contributed by atoms with Crippen LogP contribution in [-0.2, 0) is 5.60 Å². The number of hydrogen-bond donors (Lipinski definition) is 3. The lowest BCUT2D eigenvalue weighted by Gasteiger charge is -2.23.